The topological polar surface area (TPSA) is 79.4 Å². The van der Waals surface area contributed by atoms with E-state index in [0.29, 0.717) is 12.2 Å². The summed E-state index contributed by atoms with van der Waals surface area (Å²) in [5.41, 5.74) is 6.40. The molecule has 0 aromatic carbocycles. The van der Waals surface area contributed by atoms with E-state index in [0.717, 1.165) is 5.56 Å². The lowest BCUT2D eigenvalue weighted by atomic mass is 9.97. The molecule has 1 heterocycles. The maximum Gasteiger partial charge on any atom is 0.123 e. The summed E-state index contributed by atoms with van der Waals surface area (Å²) in [6.45, 7) is 3.74. The fourth-order valence-corrected chi connectivity index (χ4v) is 1.43. The minimum absolute atomic E-state index is 0.0409. The molecule has 2 unspecified atom stereocenters. The summed E-state index contributed by atoms with van der Waals surface area (Å²) in [4.78, 5) is 3.86. The number of pyridine rings is 1. The van der Waals surface area contributed by atoms with Gasteiger partial charge in [-0.3, -0.25) is 0 Å². The number of anilines is 1. The van der Waals surface area contributed by atoms with Gasteiger partial charge < -0.3 is 15.9 Å². The fourth-order valence-electron chi connectivity index (χ4n) is 1.43. The van der Waals surface area contributed by atoms with Gasteiger partial charge in [-0.25, -0.2) is 4.98 Å². The minimum Gasteiger partial charge on any atom is -0.390 e. The van der Waals surface area contributed by atoms with Crippen molar-refractivity contribution in [1.29, 1.82) is 0 Å². The van der Waals surface area contributed by atoms with Gasteiger partial charge in [0.25, 0.3) is 0 Å². The first-order valence-electron chi connectivity index (χ1n) is 5.07. The fraction of sp³-hybridized carbons (Fsp3) is 0.545. The molecule has 1 aromatic heterocycles. The van der Waals surface area contributed by atoms with Crippen molar-refractivity contribution in [3.8, 4) is 0 Å². The molecule has 0 aliphatic carbocycles. The SMILES string of the molecule is CC(C)C(O)C(O)Cc1ccnc(N)c1. The molecule has 0 aliphatic heterocycles. The van der Waals surface area contributed by atoms with E-state index >= 15 is 0 Å². The minimum atomic E-state index is -0.758. The lowest BCUT2D eigenvalue weighted by Gasteiger charge is -2.20. The lowest BCUT2D eigenvalue weighted by Crippen LogP contribution is -2.32. The molecular weight excluding hydrogens is 192 g/mol. The smallest absolute Gasteiger partial charge is 0.123 e. The quantitative estimate of drug-likeness (QED) is 0.679. The van der Waals surface area contributed by atoms with Gasteiger partial charge in [0.2, 0.25) is 0 Å². The number of nitrogen functional groups attached to an aromatic ring is 1. The second-order valence-electron chi connectivity index (χ2n) is 4.10. The Morgan fingerprint density at radius 3 is 2.60 bits per heavy atom. The molecule has 0 fully saturated rings. The van der Waals surface area contributed by atoms with Gasteiger partial charge in [0.05, 0.1) is 12.2 Å². The van der Waals surface area contributed by atoms with E-state index in [1.54, 1.807) is 18.3 Å². The number of rotatable bonds is 4. The molecule has 1 rings (SSSR count). The van der Waals surface area contributed by atoms with Crippen molar-refractivity contribution >= 4 is 5.82 Å². The number of aliphatic hydroxyl groups excluding tert-OH is 2. The van der Waals surface area contributed by atoms with Gasteiger partial charge in [0.1, 0.15) is 5.82 Å². The summed E-state index contributed by atoms with van der Waals surface area (Å²) in [6.07, 6.45) is 0.525. The molecule has 0 saturated carbocycles. The summed E-state index contributed by atoms with van der Waals surface area (Å²) in [7, 11) is 0. The highest BCUT2D eigenvalue weighted by Gasteiger charge is 2.19. The van der Waals surface area contributed by atoms with Crippen molar-refractivity contribution in [3.63, 3.8) is 0 Å². The average Bonchev–Trinajstić information content (AvgIpc) is 2.16. The summed E-state index contributed by atoms with van der Waals surface area (Å²) < 4.78 is 0. The van der Waals surface area contributed by atoms with Crippen molar-refractivity contribution in [2.24, 2.45) is 5.92 Å². The zero-order chi connectivity index (χ0) is 11.4. The number of hydrogen-bond donors (Lipinski definition) is 3. The van der Waals surface area contributed by atoms with Crippen molar-refractivity contribution < 1.29 is 10.2 Å². The van der Waals surface area contributed by atoms with Crippen molar-refractivity contribution in [1.82, 2.24) is 4.98 Å². The van der Waals surface area contributed by atoms with Gasteiger partial charge in [-0.2, -0.15) is 0 Å². The maximum atomic E-state index is 9.72. The Morgan fingerprint density at radius 1 is 1.40 bits per heavy atom. The standard InChI is InChI=1S/C11H18N2O2/c1-7(2)11(15)9(14)5-8-3-4-13-10(12)6-8/h3-4,6-7,9,11,14-15H,5H2,1-2H3,(H2,12,13). The van der Waals surface area contributed by atoms with Gasteiger partial charge in [-0.1, -0.05) is 13.8 Å². The van der Waals surface area contributed by atoms with E-state index in [9.17, 15) is 10.2 Å². The van der Waals surface area contributed by atoms with E-state index < -0.39 is 12.2 Å². The Hall–Kier alpha value is -1.13. The Labute approximate surface area is 89.8 Å². The second kappa shape index (κ2) is 5.09. The Kier molecular flexibility index (Phi) is 4.05. The predicted octanol–water partition coefficient (Wildman–Crippen LogP) is 0.584. The molecular formula is C11H18N2O2. The highest BCUT2D eigenvalue weighted by Crippen LogP contribution is 2.12. The molecule has 2 atom stereocenters. The molecule has 4 heteroatoms. The van der Waals surface area contributed by atoms with Gasteiger partial charge >= 0.3 is 0 Å². The largest absolute Gasteiger partial charge is 0.390 e. The average molecular weight is 210 g/mol. The molecule has 0 aliphatic rings. The highest BCUT2D eigenvalue weighted by molar-refractivity contribution is 5.32. The van der Waals surface area contributed by atoms with E-state index in [1.165, 1.54) is 0 Å². The number of aromatic nitrogens is 1. The molecule has 4 N–H and O–H groups in total. The molecule has 84 valence electrons. The van der Waals surface area contributed by atoms with E-state index in [2.05, 4.69) is 4.98 Å². The lowest BCUT2D eigenvalue weighted by molar-refractivity contribution is -0.00731. The van der Waals surface area contributed by atoms with Crippen LogP contribution in [0.3, 0.4) is 0 Å². The third kappa shape index (κ3) is 3.49. The van der Waals surface area contributed by atoms with Crippen LogP contribution in [0.1, 0.15) is 19.4 Å². The van der Waals surface area contributed by atoms with Crippen LogP contribution in [0.4, 0.5) is 5.82 Å². The number of aliphatic hydroxyl groups is 2. The summed E-state index contributed by atoms with van der Waals surface area (Å²) in [5.74, 6) is 0.470. The van der Waals surface area contributed by atoms with Gasteiger partial charge in [-0.15, -0.1) is 0 Å². The third-order valence-electron chi connectivity index (χ3n) is 2.37. The van der Waals surface area contributed by atoms with Crippen LogP contribution in [-0.2, 0) is 6.42 Å². The Balaban J connectivity index is 2.62. The summed E-state index contributed by atoms with van der Waals surface area (Å²) in [6, 6.07) is 3.49. The molecule has 1 aromatic rings. The van der Waals surface area contributed by atoms with Crippen LogP contribution in [0.25, 0.3) is 0 Å². The maximum absolute atomic E-state index is 9.72. The first-order valence-corrected chi connectivity index (χ1v) is 5.07. The van der Waals surface area contributed by atoms with Crippen LogP contribution < -0.4 is 5.73 Å². The molecule has 0 saturated heterocycles. The van der Waals surface area contributed by atoms with Crippen LogP contribution in [0.15, 0.2) is 18.3 Å². The molecule has 15 heavy (non-hydrogen) atoms. The zero-order valence-corrected chi connectivity index (χ0v) is 9.09. The first-order chi connectivity index (χ1) is 7.00. The second-order valence-corrected chi connectivity index (χ2v) is 4.10. The third-order valence-corrected chi connectivity index (χ3v) is 2.37. The van der Waals surface area contributed by atoms with Crippen molar-refractivity contribution in [3.05, 3.63) is 23.9 Å². The molecule has 4 nitrogen and oxygen atoms in total. The first kappa shape index (κ1) is 11.9. The van der Waals surface area contributed by atoms with E-state index in [4.69, 9.17) is 5.73 Å². The number of nitrogens with zero attached hydrogens (tertiary/aromatic N) is 1. The van der Waals surface area contributed by atoms with Crippen molar-refractivity contribution in [2.75, 3.05) is 5.73 Å². The van der Waals surface area contributed by atoms with E-state index in [-0.39, 0.29) is 5.92 Å². The molecule has 0 spiro atoms. The number of hydrogen-bond acceptors (Lipinski definition) is 4. The summed E-state index contributed by atoms with van der Waals surface area (Å²) >= 11 is 0. The Morgan fingerprint density at radius 2 is 2.07 bits per heavy atom. The van der Waals surface area contributed by atoms with Crippen LogP contribution >= 0.6 is 0 Å². The zero-order valence-electron chi connectivity index (χ0n) is 9.09. The predicted molar refractivity (Wildman–Crippen MR) is 59.2 cm³/mol. The van der Waals surface area contributed by atoms with Crippen molar-refractivity contribution in [2.45, 2.75) is 32.5 Å². The van der Waals surface area contributed by atoms with Gasteiger partial charge in [0.15, 0.2) is 0 Å². The van der Waals surface area contributed by atoms with E-state index in [1.807, 2.05) is 13.8 Å². The van der Waals surface area contributed by atoms with Crippen LogP contribution in [0, 0.1) is 5.92 Å². The monoisotopic (exact) mass is 210 g/mol. The highest BCUT2D eigenvalue weighted by atomic mass is 16.3. The summed E-state index contributed by atoms with van der Waals surface area (Å²) in [5, 5.41) is 19.3. The molecule has 0 bridgehead atoms. The normalized spacial score (nSPS) is 15.3. The van der Waals surface area contributed by atoms with Gasteiger partial charge in [0, 0.05) is 12.6 Å². The molecule has 0 radical (unpaired) electrons. The Bertz CT molecular complexity index is 315. The van der Waals surface area contributed by atoms with Crippen LogP contribution in [0.5, 0.6) is 0 Å². The van der Waals surface area contributed by atoms with Gasteiger partial charge in [-0.05, 0) is 23.6 Å². The van der Waals surface area contributed by atoms with Crippen LogP contribution in [-0.4, -0.2) is 27.4 Å². The molecule has 0 amide bonds. The number of nitrogens with two attached hydrogens (primary N) is 1. The van der Waals surface area contributed by atoms with Crippen LogP contribution in [0.2, 0.25) is 0 Å².